The van der Waals surface area contributed by atoms with E-state index in [1.54, 1.807) is 0 Å². The van der Waals surface area contributed by atoms with Gasteiger partial charge in [-0.15, -0.1) is 0 Å². The van der Waals surface area contributed by atoms with E-state index in [1.807, 2.05) is 0 Å². The van der Waals surface area contributed by atoms with E-state index >= 15 is 0 Å². The Hall–Kier alpha value is -0.940. The van der Waals surface area contributed by atoms with Gasteiger partial charge in [-0.25, -0.2) is 4.79 Å². The van der Waals surface area contributed by atoms with Gasteiger partial charge in [0.1, 0.15) is 0 Å². The molecule has 0 aromatic heterocycles. The molecule has 0 bridgehead atoms. The Balaban J connectivity index is 4.82. The fourth-order valence-corrected chi connectivity index (χ4v) is 0.666. The number of carbonyl (C=O) groups excluding carboxylic acids is 1. The third-order valence-electron chi connectivity index (χ3n) is 1.65. The Morgan fingerprint density at radius 2 is 1.91 bits per heavy atom. The summed E-state index contributed by atoms with van der Waals surface area (Å²) in [6.45, 7) is 2.49. The first-order valence-corrected chi connectivity index (χ1v) is 3.12. The van der Waals surface area contributed by atoms with Crippen molar-refractivity contribution in [3.05, 3.63) is 0 Å². The summed E-state index contributed by atoms with van der Waals surface area (Å²) in [7, 11) is 0. The molecule has 11 heavy (non-hydrogen) atoms. The summed E-state index contributed by atoms with van der Waals surface area (Å²) in [5, 5.41) is 8.55. The molecule has 0 aromatic carbocycles. The van der Waals surface area contributed by atoms with E-state index in [0.29, 0.717) is 0 Å². The van der Waals surface area contributed by atoms with Gasteiger partial charge < -0.3 is 16.6 Å². The number of rotatable bonds is 3. The van der Waals surface area contributed by atoms with Crippen LogP contribution in [0.4, 0.5) is 0 Å². The molecule has 5 heteroatoms. The van der Waals surface area contributed by atoms with E-state index in [4.69, 9.17) is 16.6 Å². The van der Waals surface area contributed by atoms with Crippen molar-refractivity contribution in [1.29, 1.82) is 0 Å². The molecular formula is C6H12N2O3. The number of carboxylic acid groups (broad SMARTS) is 1. The molecule has 2 unspecified atom stereocenters. The third-order valence-corrected chi connectivity index (χ3v) is 1.65. The highest BCUT2D eigenvalue weighted by atomic mass is 16.4. The van der Waals surface area contributed by atoms with Crippen molar-refractivity contribution in [2.75, 3.05) is 0 Å². The molecule has 2 atom stereocenters. The molecule has 64 valence electrons. The third kappa shape index (κ3) is 1.55. The molecule has 5 nitrogen and oxygen atoms in total. The maximum absolute atomic E-state index is 10.8. The number of Topliss-reactive ketones (excluding diaryl/α,β-unsaturated/α-hetero) is 1. The molecule has 0 amide bonds. The molecule has 5 N–H and O–H groups in total. The van der Waals surface area contributed by atoms with Gasteiger partial charge in [-0.3, -0.25) is 4.79 Å². The van der Waals surface area contributed by atoms with Crippen LogP contribution in [-0.2, 0) is 9.59 Å². The molecule has 0 aliphatic heterocycles. The van der Waals surface area contributed by atoms with Crippen molar-refractivity contribution in [3.8, 4) is 0 Å². The van der Waals surface area contributed by atoms with Crippen molar-refractivity contribution in [3.63, 3.8) is 0 Å². The quantitative estimate of drug-likeness (QED) is 0.445. The number of nitrogens with two attached hydrogens (primary N) is 2. The van der Waals surface area contributed by atoms with E-state index in [2.05, 4.69) is 0 Å². The SMILES string of the molecule is CC(=O)C(N)(C(=O)O)C(C)N. The highest BCUT2D eigenvalue weighted by molar-refractivity contribution is 6.07. The molecule has 0 saturated heterocycles. The summed E-state index contributed by atoms with van der Waals surface area (Å²) in [5.41, 5.74) is 8.55. The van der Waals surface area contributed by atoms with Crippen LogP contribution in [0.2, 0.25) is 0 Å². The molecule has 0 fully saturated rings. The van der Waals surface area contributed by atoms with Crippen LogP contribution in [0.1, 0.15) is 13.8 Å². The normalized spacial score (nSPS) is 18.5. The Bertz CT molecular complexity index is 174. The van der Waals surface area contributed by atoms with Gasteiger partial charge in [-0.2, -0.15) is 0 Å². The first kappa shape index (κ1) is 10.1. The van der Waals surface area contributed by atoms with Crippen LogP contribution in [0.15, 0.2) is 0 Å². The number of ketones is 1. The van der Waals surface area contributed by atoms with Crippen molar-refractivity contribution in [2.24, 2.45) is 11.5 Å². The van der Waals surface area contributed by atoms with Gasteiger partial charge in [0, 0.05) is 6.04 Å². The van der Waals surface area contributed by atoms with Crippen LogP contribution in [0, 0.1) is 0 Å². The zero-order chi connectivity index (χ0) is 9.23. The molecule has 0 aliphatic carbocycles. The number of hydrogen-bond acceptors (Lipinski definition) is 4. The van der Waals surface area contributed by atoms with E-state index in [1.165, 1.54) is 6.92 Å². The predicted molar refractivity (Wildman–Crippen MR) is 38.9 cm³/mol. The van der Waals surface area contributed by atoms with Crippen LogP contribution in [0.25, 0.3) is 0 Å². The molecule has 0 radical (unpaired) electrons. The second kappa shape index (κ2) is 2.98. The Labute approximate surface area is 64.4 Å². The minimum Gasteiger partial charge on any atom is -0.479 e. The van der Waals surface area contributed by atoms with Gasteiger partial charge in [-0.1, -0.05) is 0 Å². The number of carboxylic acids is 1. The molecule has 0 aliphatic rings. The first-order valence-electron chi connectivity index (χ1n) is 3.12. The van der Waals surface area contributed by atoms with Crippen LogP contribution in [-0.4, -0.2) is 28.4 Å². The summed E-state index contributed by atoms with van der Waals surface area (Å²) in [6, 6.07) is -0.891. The number of hydrogen-bond donors (Lipinski definition) is 3. The van der Waals surface area contributed by atoms with Gasteiger partial charge in [0.05, 0.1) is 0 Å². The lowest BCUT2D eigenvalue weighted by Gasteiger charge is -2.24. The maximum Gasteiger partial charge on any atom is 0.333 e. The van der Waals surface area contributed by atoms with E-state index in [0.717, 1.165) is 6.92 Å². The van der Waals surface area contributed by atoms with Crippen molar-refractivity contribution in [1.82, 2.24) is 0 Å². The summed E-state index contributed by atoms with van der Waals surface area (Å²) >= 11 is 0. The molecule has 0 rings (SSSR count). The Morgan fingerprint density at radius 1 is 1.55 bits per heavy atom. The van der Waals surface area contributed by atoms with Crippen LogP contribution < -0.4 is 11.5 Å². The average Bonchev–Trinajstić information content (AvgIpc) is 1.84. The second-order valence-electron chi connectivity index (χ2n) is 2.52. The molecular weight excluding hydrogens is 148 g/mol. The lowest BCUT2D eigenvalue weighted by Crippen LogP contribution is -2.64. The van der Waals surface area contributed by atoms with Crippen LogP contribution >= 0.6 is 0 Å². The van der Waals surface area contributed by atoms with E-state index < -0.39 is 23.3 Å². The van der Waals surface area contributed by atoms with E-state index in [-0.39, 0.29) is 0 Å². The van der Waals surface area contributed by atoms with Gasteiger partial charge in [0.2, 0.25) is 0 Å². The van der Waals surface area contributed by atoms with Crippen molar-refractivity contribution < 1.29 is 14.7 Å². The lowest BCUT2D eigenvalue weighted by atomic mass is 9.89. The smallest absolute Gasteiger partial charge is 0.333 e. The fraction of sp³-hybridized carbons (Fsp3) is 0.667. The largest absolute Gasteiger partial charge is 0.479 e. The Morgan fingerprint density at radius 3 is 1.91 bits per heavy atom. The molecule has 0 saturated carbocycles. The van der Waals surface area contributed by atoms with Gasteiger partial charge >= 0.3 is 5.97 Å². The number of carbonyl (C=O) groups is 2. The lowest BCUT2D eigenvalue weighted by molar-refractivity contribution is -0.148. The molecule has 0 spiro atoms. The number of aliphatic carboxylic acids is 1. The van der Waals surface area contributed by atoms with Gasteiger partial charge in [0.15, 0.2) is 11.3 Å². The summed E-state index contributed by atoms with van der Waals surface area (Å²) in [5.74, 6) is -2.03. The topological polar surface area (TPSA) is 106 Å². The van der Waals surface area contributed by atoms with Crippen molar-refractivity contribution in [2.45, 2.75) is 25.4 Å². The van der Waals surface area contributed by atoms with Crippen LogP contribution in [0.3, 0.4) is 0 Å². The molecule has 0 aromatic rings. The van der Waals surface area contributed by atoms with Gasteiger partial charge in [-0.05, 0) is 13.8 Å². The van der Waals surface area contributed by atoms with Gasteiger partial charge in [0.25, 0.3) is 0 Å². The minimum absolute atomic E-state index is 0.639. The Kier molecular flexibility index (Phi) is 2.72. The zero-order valence-electron chi connectivity index (χ0n) is 6.50. The second-order valence-corrected chi connectivity index (χ2v) is 2.52. The highest BCUT2D eigenvalue weighted by Crippen LogP contribution is 2.06. The predicted octanol–water partition coefficient (Wildman–Crippen LogP) is -1.30. The van der Waals surface area contributed by atoms with E-state index in [9.17, 15) is 9.59 Å². The minimum atomic E-state index is -1.94. The van der Waals surface area contributed by atoms with Crippen molar-refractivity contribution >= 4 is 11.8 Å². The monoisotopic (exact) mass is 160 g/mol. The first-order chi connectivity index (χ1) is 4.83. The summed E-state index contributed by atoms with van der Waals surface area (Å²) in [4.78, 5) is 21.2. The summed E-state index contributed by atoms with van der Waals surface area (Å²) in [6.07, 6.45) is 0. The standard InChI is InChI=1S/C6H12N2O3/c1-3(7)6(8,4(2)9)5(10)11/h3H,7-8H2,1-2H3,(H,10,11). The molecule has 0 heterocycles. The van der Waals surface area contributed by atoms with Crippen LogP contribution in [0.5, 0.6) is 0 Å². The highest BCUT2D eigenvalue weighted by Gasteiger charge is 2.42. The summed E-state index contributed by atoms with van der Waals surface area (Å²) < 4.78 is 0. The average molecular weight is 160 g/mol. The maximum atomic E-state index is 10.8. The zero-order valence-corrected chi connectivity index (χ0v) is 6.50. The fourth-order valence-electron chi connectivity index (χ4n) is 0.666.